The number of nitrogens with one attached hydrogen (secondary N) is 2. The number of aryl methyl sites for hydroxylation is 1. The lowest BCUT2D eigenvalue weighted by Crippen LogP contribution is -2.36. The molecule has 1 aliphatic rings. The molecule has 20 heavy (non-hydrogen) atoms. The molecular formula is C16H21N3O. The summed E-state index contributed by atoms with van der Waals surface area (Å²) in [6.45, 7) is 0.395. The molecular weight excluding hydrogens is 250 g/mol. The molecule has 0 radical (unpaired) electrons. The third-order valence-corrected chi connectivity index (χ3v) is 4.11. The fourth-order valence-corrected chi connectivity index (χ4v) is 2.99. The van der Waals surface area contributed by atoms with Crippen LogP contribution in [0.4, 0.5) is 0 Å². The number of rotatable bonds is 3. The summed E-state index contributed by atoms with van der Waals surface area (Å²) in [6.07, 6.45) is 3.38. The number of carbonyl (C=O) groups excluding carboxylic acids is 1. The smallest absolute Gasteiger partial charge is 0.236 e. The van der Waals surface area contributed by atoms with Gasteiger partial charge < -0.3 is 15.2 Å². The van der Waals surface area contributed by atoms with Gasteiger partial charge in [-0.1, -0.05) is 18.2 Å². The molecule has 106 valence electrons. The zero-order valence-corrected chi connectivity index (χ0v) is 12.1. The molecule has 2 N–H and O–H groups in total. The number of nitrogens with zero attached hydrogens (tertiary/aromatic N) is 1. The molecule has 1 atom stereocenters. The number of H-pyrrole nitrogens is 1. The Labute approximate surface area is 119 Å². The molecule has 3 rings (SSSR count). The number of hydrogen-bond acceptors (Lipinski definition) is 2. The molecule has 0 fully saturated rings. The lowest BCUT2D eigenvalue weighted by atomic mass is 9.91. The van der Waals surface area contributed by atoms with E-state index in [9.17, 15) is 4.79 Å². The number of carbonyl (C=O) groups is 1. The van der Waals surface area contributed by atoms with Crippen LogP contribution in [0.15, 0.2) is 24.3 Å². The van der Waals surface area contributed by atoms with E-state index in [1.807, 2.05) is 0 Å². The number of likely N-dealkylation sites (N-methyl/N-ethyl adjacent to an activating group) is 1. The van der Waals surface area contributed by atoms with Gasteiger partial charge in [0.05, 0.1) is 6.54 Å². The van der Waals surface area contributed by atoms with Crippen molar-refractivity contribution in [2.45, 2.75) is 25.3 Å². The molecule has 0 saturated carbocycles. The van der Waals surface area contributed by atoms with Crippen molar-refractivity contribution in [3.05, 3.63) is 35.5 Å². The molecule has 1 heterocycles. The fraction of sp³-hybridized carbons (Fsp3) is 0.438. The molecule has 0 saturated heterocycles. The van der Waals surface area contributed by atoms with Crippen LogP contribution in [-0.2, 0) is 11.2 Å². The molecule has 1 unspecified atom stereocenters. The highest BCUT2D eigenvalue weighted by atomic mass is 16.2. The van der Waals surface area contributed by atoms with Crippen LogP contribution in [-0.4, -0.2) is 36.4 Å². The monoisotopic (exact) mass is 271 g/mol. The van der Waals surface area contributed by atoms with Gasteiger partial charge in [-0.2, -0.15) is 0 Å². The van der Waals surface area contributed by atoms with Gasteiger partial charge in [0.2, 0.25) is 5.91 Å². The van der Waals surface area contributed by atoms with E-state index in [0.717, 1.165) is 12.8 Å². The maximum atomic E-state index is 11.7. The Hall–Kier alpha value is -1.81. The van der Waals surface area contributed by atoms with Crippen molar-refractivity contribution in [2.75, 3.05) is 20.6 Å². The topological polar surface area (TPSA) is 48.1 Å². The Morgan fingerprint density at radius 3 is 3.00 bits per heavy atom. The molecule has 1 amide bonds. The normalized spacial score (nSPS) is 18.0. The summed E-state index contributed by atoms with van der Waals surface area (Å²) < 4.78 is 0. The van der Waals surface area contributed by atoms with Crippen LogP contribution in [0.1, 0.15) is 30.1 Å². The minimum atomic E-state index is 0.119. The highest BCUT2D eigenvalue weighted by molar-refractivity contribution is 5.85. The van der Waals surface area contributed by atoms with Gasteiger partial charge in [0, 0.05) is 36.7 Å². The van der Waals surface area contributed by atoms with E-state index in [1.54, 1.807) is 19.0 Å². The van der Waals surface area contributed by atoms with Crippen LogP contribution in [0.25, 0.3) is 10.9 Å². The second-order valence-electron chi connectivity index (χ2n) is 5.68. The van der Waals surface area contributed by atoms with Crippen molar-refractivity contribution in [3.63, 3.8) is 0 Å². The van der Waals surface area contributed by atoms with Gasteiger partial charge in [0.15, 0.2) is 0 Å². The van der Waals surface area contributed by atoms with Crippen molar-refractivity contribution >= 4 is 16.8 Å². The zero-order chi connectivity index (χ0) is 14.1. The number of benzene rings is 1. The Kier molecular flexibility index (Phi) is 3.49. The largest absolute Gasteiger partial charge is 0.357 e. The van der Waals surface area contributed by atoms with E-state index in [4.69, 9.17) is 0 Å². The second kappa shape index (κ2) is 5.29. The van der Waals surface area contributed by atoms with Crippen molar-refractivity contribution in [1.29, 1.82) is 0 Å². The summed E-state index contributed by atoms with van der Waals surface area (Å²) in [5, 5.41) is 4.72. The molecule has 4 heteroatoms. The van der Waals surface area contributed by atoms with Gasteiger partial charge in [0.1, 0.15) is 0 Å². The number of aromatic amines is 1. The summed E-state index contributed by atoms with van der Waals surface area (Å²) >= 11 is 0. The summed E-state index contributed by atoms with van der Waals surface area (Å²) in [6, 6.07) is 8.70. The van der Waals surface area contributed by atoms with Gasteiger partial charge in [-0.05, 0) is 30.9 Å². The minimum Gasteiger partial charge on any atom is -0.357 e. The summed E-state index contributed by atoms with van der Waals surface area (Å²) in [4.78, 5) is 16.9. The van der Waals surface area contributed by atoms with Gasteiger partial charge in [0.25, 0.3) is 0 Å². The first-order valence-electron chi connectivity index (χ1n) is 7.20. The van der Waals surface area contributed by atoms with Crippen LogP contribution >= 0.6 is 0 Å². The van der Waals surface area contributed by atoms with E-state index in [-0.39, 0.29) is 11.9 Å². The number of aromatic nitrogens is 1. The van der Waals surface area contributed by atoms with Crippen molar-refractivity contribution in [2.24, 2.45) is 0 Å². The van der Waals surface area contributed by atoms with Gasteiger partial charge in [-0.25, -0.2) is 0 Å². The van der Waals surface area contributed by atoms with E-state index in [1.165, 1.54) is 28.6 Å². The Morgan fingerprint density at radius 2 is 2.20 bits per heavy atom. The number of fused-ring (bicyclic) bond motifs is 3. The Morgan fingerprint density at radius 1 is 1.40 bits per heavy atom. The standard InChI is InChI=1S/C16H21N3O/c1-19(2)15(20)10-17-14-9-5-7-12-11-6-3-4-8-13(11)18-16(12)14/h3-4,6,8,14,17-18H,5,7,9-10H2,1-2H3. The summed E-state index contributed by atoms with van der Waals surface area (Å²) in [5.74, 6) is 0.119. The van der Waals surface area contributed by atoms with E-state index in [2.05, 4.69) is 34.6 Å². The van der Waals surface area contributed by atoms with Gasteiger partial charge >= 0.3 is 0 Å². The molecule has 1 aromatic heterocycles. The zero-order valence-electron chi connectivity index (χ0n) is 12.1. The van der Waals surface area contributed by atoms with Gasteiger partial charge in [-0.15, -0.1) is 0 Å². The SMILES string of the molecule is CN(C)C(=O)CNC1CCCc2c1[nH]c1ccccc21. The average molecular weight is 271 g/mol. The summed E-state index contributed by atoms with van der Waals surface area (Å²) in [5.41, 5.74) is 3.88. The second-order valence-corrected chi connectivity index (χ2v) is 5.68. The highest BCUT2D eigenvalue weighted by Crippen LogP contribution is 2.34. The van der Waals surface area contributed by atoms with Crippen LogP contribution in [0.5, 0.6) is 0 Å². The molecule has 0 bridgehead atoms. The minimum absolute atomic E-state index is 0.119. The lowest BCUT2D eigenvalue weighted by Gasteiger charge is -2.24. The number of amides is 1. The van der Waals surface area contributed by atoms with Crippen LogP contribution < -0.4 is 5.32 Å². The lowest BCUT2D eigenvalue weighted by molar-refractivity contribution is -0.127. The van der Waals surface area contributed by atoms with Crippen molar-refractivity contribution in [3.8, 4) is 0 Å². The van der Waals surface area contributed by atoms with Crippen LogP contribution in [0.3, 0.4) is 0 Å². The predicted molar refractivity (Wildman–Crippen MR) is 80.7 cm³/mol. The van der Waals surface area contributed by atoms with E-state index < -0.39 is 0 Å². The van der Waals surface area contributed by atoms with Crippen LogP contribution in [0.2, 0.25) is 0 Å². The average Bonchev–Trinajstić information content (AvgIpc) is 2.83. The first-order chi connectivity index (χ1) is 9.66. The van der Waals surface area contributed by atoms with E-state index in [0.29, 0.717) is 6.54 Å². The molecule has 0 spiro atoms. The maximum absolute atomic E-state index is 11.7. The predicted octanol–water partition coefficient (Wildman–Crippen LogP) is 2.22. The Bertz CT molecular complexity index is 630. The first kappa shape index (κ1) is 13.2. The molecule has 0 aliphatic heterocycles. The van der Waals surface area contributed by atoms with Crippen molar-refractivity contribution < 1.29 is 4.79 Å². The quantitative estimate of drug-likeness (QED) is 0.899. The Balaban J connectivity index is 1.85. The fourth-order valence-electron chi connectivity index (χ4n) is 2.99. The first-order valence-corrected chi connectivity index (χ1v) is 7.20. The molecule has 2 aromatic rings. The van der Waals surface area contributed by atoms with Crippen LogP contribution in [0, 0.1) is 0 Å². The van der Waals surface area contributed by atoms with Crippen molar-refractivity contribution in [1.82, 2.24) is 15.2 Å². The van der Waals surface area contributed by atoms with E-state index >= 15 is 0 Å². The van der Waals surface area contributed by atoms with Gasteiger partial charge in [-0.3, -0.25) is 4.79 Å². The maximum Gasteiger partial charge on any atom is 0.236 e. The third-order valence-electron chi connectivity index (χ3n) is 4.11. The third kappa shape index (κ3) is 2.31. The molecule has 1 aliphatic carbocycles. The number of hydrogen-bond donors (Lipinski definition) is 2. The number of para-hydroxylation sites is 1. The highest BCUT2D eigenvalue weighted by Gasteiger charge is 2.24. The summed E-state index contributed by atoms with van der Waals surface area (Å²) in [7, 11) is 3.58. The molecule has 4 nitrogen and oxygen atoms in total. The molecule has 1 aromatic carbocycles.